The van der Waals surface area contributed by atoms with Crippen LogP contribution in [0.5, 0.6) is 0 Å². The van der Waals surface area contributed by atoms with Crippen molar-refractivity contribution in [3.63, 3.8) is 0 Å². The minimum atomic E-state index is 0.131. The van der Waals surface area contributed by atoms with Crippen molar-refractivity contribution in [3.8, 4) is 0 Å². The second-order valence-corrected chi connectivity index (χ2v) is 5.34. The fraction of sp³-hybridized carbons (Fsp3) is 0.615. The van der Waals surface area contributed by atoms with Crippen molar-refractivity contribution in [1.29, 1.82) is 0 Å². The van der Waals surface area contributed by atoms with Crippen LogP contribution in [0, 0.1) is 0 Å². The van der Waals surface area contributed by atoms with E-state index in [0.29, 0.717) is 5.78 Å². The number of hydrogen-bond acceptors (Lipinski definition) is 3. The quantitative estimate of drug-likeness (QED) is 0.733. The van der Waals surface area contributed by atoms with Crippen molar-refractivity contribution in [2.45, 2.75) is 38.6 Å². The Balaban J connectivity index is 2.09. The van der Waals surface area contributed by atoms with Gasteiger partial charge in [0.15, 0.2) is 5.78 Å². The van der Waals surface area contributed by atoms with Crippen LogP contribution in [0.15, 0.2) is 17.5 Å². The molecule has 1 fully saturated rings. The van der Waals surface area contributed by atoms with E-state index in [9.17, 15) is 4.79 Å². The molecule has 0 saturated carbocycles. The molecule has 0 aliphatic carbocycles. The van der Waals surface area contributed by atoms with Gasteiger partial charge in [0, 0.05) is 0 Å². The van der Waals surface area contributed by atoms with Gasteiger partial charge in [0.1, 0.15) is 0 Å². The number of thiophene rings is 1. The summed E-state index contributed by atoms with van der Waals surface area (Å²) in [4.78, 5) is 15.6. The lowest BCUT2D eigenvalue weighted by Crippen LogP contribution is -2.38. The zero-order valence-electron chi connectivity index (χ0n) is 9.82. The highest BCUT2D eigenvalue weighted by Gasteiger charge is 2.28. The maximum Gasteiger partial charge on any atom is 0.189 e. The van der Waals surface area contributed by atoms with Crippen LogP contribution in [0.2, 0.25) is 0 Å². The Kier molecular flexibility index (Phi) is 4.13. The Hall–Kier alpha value is -0.670. The molecule has 88 valence electrons. The lowest BCUT2D eigenvalue weighted by Gasteiger charge is -2.25. The van der Waals surface area contributed by atoms with Crippen molar-refractivity contribution in [3.05, 3.63) is 22.4 Å². The molecule has 2 nitrogen and oxygen atoms in total. The maximum atomic E-state index is 12.4. The summed E-state index contributed by atoms with van der Waals surface area (Å²) in [5.41, 5.74) is 0. The van der Waals surface area contributed by atoms with E-state index in [4.69, 9.17) is 0 Å². The number of carbonyl (C=O) groups excluding carboxylic acids is 1. The molecule has 1 atom stereocenters. The SMILES string of the molecule is CCC[C@@H](C(=O)c1cccs1)N1CCCC1. The minimum absolute atomic E-state index is 0.131. The van der Waals surface area contributed by atoms with Gasteiger partial charge < -0.3 is 0 Å². The van der Waals surface area contributed by atoms with Crippen LogP contribution < -0.4 is 0 Å². The molecule has 16 heavy (non-hydrogen) atoms. The fourth-order valence-electron chi connectivity index (χ4n) is 2.39. The zero-order valence-corrected chi connectivity index (χ0v) is 10.6. The molecular weight excluding hydrogens is 218 g/mol. The van der Waals surface area contributed by atoms with Crippen LogP contribution in [-0.2, 0) is 0 Å². The molecule has 3 heteroatoms. The largest absolute Gasteiger partial charge is 0.293 e. The summed E-state index contributed by atoms with van der Waals surface area (Å²) >= 11 is 1.57. The van der Waals surface area contributed by atoms with Crippen molar-refractivity contribution < 1.29 is 4.79 Å². The van der Waals surface area contributed by atoms with Crippen LogP contribution in [-0.4, -0.2) is 29.8 Å². The van der Waals surface area contributed by atoms with Crippen LogP contribution in [0.25, 0.3) is 0 Å². The Morgan fingerprint density at radius 3 is 2.81 bits per heavy atom. The van der Waals surface area contributed by atoms with Crippen molar-refractivity contribution >= 4 is 17.1 Å². The van der Waals surface area contributed by atoms with E-state index >= 15 is 0 Å². The fourth-order valence-corrected chi connectivity index (χ4v) is 3.10. The highest BCUT2D eigenvalue weighted by molar-refractivity contribution is 7.12. The summed E-state index contributed by atoms with van der Waals surface area (Å²) in [5, 5.41) is 1.99. The normalized spacial score (nSPS) is 18.8. The lowest BCUT2D eigenvalue weighted by atomic mass is 10.0. The number of carbonyl (C=O) groups is 1. The highest BCUT2D eigenvalue weighted by Crippen LogP contribution is 2.21. The topological polar surface area (TPSA) is 20.3 Å². The molecule has 1 aliphatic rings. The molecule has 1 aliphatic heterocycles. The van der Waals surface area contributed by atoms with Gasteiger partial charge in [-0.3, -0.25) is 9.69 Å². The number of rotatable bonds is 5. The molecule has 2 rings (SSSR count). The van der Waals surface area contributed by atoms with E-state index < -0.39 is 0 Å². The predicted octanol–water partition coefficient (Wildman–Crippen LogP) is 3.20. The lowest BCUT2D eigenvalue weighted by molar-refractivity contribution is 0.0841. The van der Waals surface area contributed by atoms with Gasteiger partial charge in [0.05, 0.1) is 10.9 Å². The second kappa shape index (κ2) is 5.60. The van der Waals surface area contributed by atoms with E-state index in [1.54, 1.807) is 11.3 Å². The van der Waals surface area contributed by atoms with E-state index in [1.165, 1.54) is 12.8 Å². The molecule has 0 spiro atoms. The summed E-state index contributed by atoms with van der Waals surface area (Å²) in [6.07, 6.45) is 4.57. The number of ketones is 1. The van der Waals surface area contributed by atoms with E-state index in [-0.39, 0.29) is 6.04 Å². The second-order valence-electron chi connectivity index (χ2n) is 4.39. The molecule has 0 radical (unpaired) electrons. The Bertz CT molecular complexity index is 328. The Labute approximate surface area is 101 Å². The molecule has 0 unspecified atom stereocenters. The first kappa shape index (κ1) is 11.8. The summed E-state index contributed by atoms with van der Waals surface area (Å²) in [6.45, 7) is 4.36. The molecule has 1 saturated heterocycles. The number of nitrogens with zero attached hydrogens (tertiary/aromatic N) is 1. The van der Waals surface area contributed by atoms with Crippen molar-refractivity contribution in [2.24, 2.45) is 0 Å². The number of Topliss-reactive ketones (excluding diaryl/α,β-unsaturated/α-hetero) is 1. The van der Waals surface area contributed by atoms with E-state index in [2.05, 4.69) is 11.8 Å². The summed E-state index contributed by atoms with van der Waals surface area (Å²) < 4.78 is 0. The molecular formula is C13H19NOS. The summed E-state index contributed by atoms with van der Waals surface area (Å²) in [5.74, 6) is 0.332. The van der Waals surface area contributed by atoms with Gasteiger partial charge in [-0.2, -0.15) is 0 Å². The molecule has 0 amide bonds. The van der Waals surface area contributed by atoms with Gasteiger partial charge in [-0.1, -0.05) is 19.4 Å². The zero-order chi connectivity index (χ0) is 11.4. The molecule has 0 N–H and O–H groups in total. The molecule has 1 aromatic rings. The van der Waals surface area contributed by atoms with Crippen LogP contribution in [0.4, 0.5) is 0 Å². The van der Waals surface area contributed by atoms with Crippen LogP contribution in [0.1, 0.15) is 42.3 Å². The monoisotopic (exact) mass is 237 g/mol. The number of hydrogen-bond donors (Lipinski definition) is 0. The van der Waals surface area contributed by atoms with Crippen molar-refractivity contribution in [2.75, 3.05) is 13.1 Å². The van der Waals surface area contributed by atoms with Crippen LogP contribution >= 0.6 is 11.3 Å². The minimum Gasteiger partial charge on any atom is -0.293 e. The first-order valence-corrected chi connectivity index (χ1v) is 7.02. The van der Waals surface area contributed by atoms with Gasteiger partial charge >= 0.3 is 0 Å². The van der Waals surface area contributed by atoms with Gasteiger partial charge in [0.25, 0.3) is 0 Å². The first-order valence-electron chi connectivity index (χ1n) is 6.14. The van der Waals surface area contributed by atoms with Gasteiger partial charge in [-0.25, -0.2) is 0 Å². The maximum absolute atomic E-state index is 12.4. The Morgan fingerprint density at radius 2 is 2.25 bits per heavy atom. The van der Waals surface area contributed by atoms with E-state index in [1.807, 2.05) is 17.5 Å². The van der Waals surface area contributed by atoms with Crippen LogP contribution in [0.3, 0.4) is 0 Å². The molecule has 0 bridgehead atoms. The van der Waals surface area contributed by atoms with Crippen molar-refractivity contribution in [1.82, 2.24) is 4.90 Å². The average Bonchev–Trinajstić information content (AvgIpc) is 2.96. The van der Waals surface area contributed by atoms with Gasteiger partial charge in [-0.15, -0.1) is 11.3 Å². The average molecular weight is 237 g/mol. The smallest absolute Gasteiger partial charge is 0.189 e. The Morgan fingerprint density at radius 1 is 1.50 bits per heavy atom. The standard InChI is InChI=1S/C13H19NOS/c1-2-6-11(14-8-3-4-9-14)13(15)12-7-5-10-16-12/h5,7,10-11H,2-4,6,8-9H2,1H3/t11-/m0/s1. The number of likely N-dealkylation sites (tertiary alicyclic amines) is 1. The third-order valence-corrected chi connectivity index (χ3v) is 4.09. The predicted molar refractivity (Wildman–Crippen MR) is 68.2 cm³/mol. The third-order valence-electron chi connectivity index (χ3n) is 3.21. The van der Waals surface area contributed by atoms with Gasteiger partial charge in [-0.05, 0) is 43.8 Å². The summed E-state index contributed by atoms with van der Waals surface area (Å²) in [7, 11) is 0. The molecule has 0 aromatic carbocycles. The molecule has 2 heterocycles. The first-order chi connectivity index (χ1) is 7.83. The highest BCUT2D eigenvalue weighted by atomic mass is 32.1. The summed E-state index contributed by atoms with van der Waals surface area (Å²) in [6, 6.07) is 4.04. The molecule has 1 aromatic heterocycles. The third kappa shape index (κ3) is 2.53. The van der Waals surface area contributed by atoms with E-state index in [0.717, 1.165) is 30.8 Å². The van der Waals surface area contributed by atoms with Gasteiger partial charge in [0.2, 0.25) is 0 Å².